The molecule has 0 N–H and O–H groups in total. The van der Waals surface area contributed by atoms with E-state index in [4.69, 9.17) is 19.2 Å². The summed E-state index contributed by atoms with van der Waals surface area (Å²) in [6.45, 7) is 0. The molecule has 0 aliphatic carbocycles. The number of phosphoric acid groups is 1. The van der Waals surface area contributed by atoms with Crippen LogP contribution in [0, 0.1) is 0 Å². The Bertz CT molecular complexity index is 57.8. The molecule has 0 atom stereocenters. The fraction of sp³-hybridized carbons (Fsp3) is 0. The van der Waals surface area contributed by atoms with E-state index in [9.17, 15) is 0 Å². The summed E-state index contributed by atoms with van der Waals surface area (Å²) in [6.07, 6.45) is 0. The summed E-state index contributed by atoms with van der Waals surface area (Å²) in [6, 6.07) is 0. The summed E-state index contributed by atoms with van der Waals surface area (Å²) in [5, 5.41) is 0. The third-order valence-corrected chi connectivity index (χ3v) is 0. The molecule has 0 bridgehead atoms. The monoisotopic (exact) mass is 329 g/mol. The Balaban J connectivity index is -0.0000000800. The maximum absolute atomic E-state index is 8.55. The van der Waals surface area contributed by atoms with Crippen molar-refractivity contribution < 1.29 is 91.7 Å². The molecule has 0 aromatic heterocycles. The number of hydrogen-bond acceptors (Lipinski definition) is 4. The minimum Gasteiger partial charge on any atom is -0.822 e. The normalized spacial score (nSPS) is 8.43. The molecule has 7 heavy (non-hydrogen) atoms. The zero-order chi connectivity index (χ0) is 4.50. The van der Waals surface area contributed by atoms with Gasteiger partial charge in [-0.25, -0.2) is 0 Å². The third-order valence-electron chi connectivity index (χ3n) is 0. The van der Waals surface area contributed by atoms with Crippen LogP contribution in [0.1, 0.15) is 0 Å². The van der Waals surface area contributed by atoms with Crippen LogP contribution in [-0.4, -0.2) is 0 Å². The molecule has 0 saturated carbocycles. The molecule has 0 aliphatic heterocycles. The zero-order valence-electron chi connectivity index (χ0n) is 3.40. The van der Waals surface area contributed by atoms with Crippen LogP contribution in [0.4, 0.5) is 0 Å². The average molecular weight is 329 g/mol. The Morgan fingerprint density at radius 3 is 1.14 bits per heavy atom. The van der Waals surface area contributed by atoms with Gasteiger partial charge in [0.05, 0.1) is 0 Å². The van der Waals surface area contributed by atoms with Gasteiger partial charge in [-0.1, -0.05) is 0 Å². The fourth-order valence-electron chi connectivity index (χ4n) is 0. The third kappa shape index (κ3) is 58.9. The van der Waals surface area contributed by atoms with Gasteiger partial charge in [-0.2, -0.15) is 7.82 Å². The van der Waals surface area contributed by atoms with Gasteiger partial charge in [0.1, 0.15) is 0 Å². The van der Waals surface area contributed by atoms with Gasteiger partial charge in [0, 0.05) is 0 Å². The van der Waals surface area contributed by atoms with E-state index in [-0.39, 0.29) is 72.4 Å². The first-order valence-corrected chi connectivity index (χ1v) is 2.19. The van der Waals surface area contributed by atoms with Crippen molar-refractivity contribution in [3.8, 4) is 0 Å². The molecule has 0 aromatic carbocycles. The Labute approximate surface area is 97.6 Å². The Hall–Kier alpha value is 2.43. The van der Waals surface area contributed by atoms with Crippen LogP contribution in [0.5, 0.6) is 0 Å². The summed E-state index contributed by atoms with van der Waals surface area (Å²) >= 11 is 0. The molecule has 40 valence electrons. The molecular weight excluding hydrogens is 329 g/mol. The maximum atomic E-state index is 8.55. The second-order valence-electron chi connectivity index (χ2n) is 0.447. The van der Waals surface area contributed by atoms with Gasteiger partial charge in [-0.3, -0.25) is 0 Å². The van der Waals surface area contributed by atoms with Gasteiger partial charge in [0.15, 0.2) is 0 Å². The number of rotatable bonds is 0. The van der Waals surface area contributed by atoms with Gasteiger partial charge in [-0.15, -0.1) is 0 Å². The maximum Gasteiger partial charge on any atom is 2.00 e. The van der Waals surface area contributed by atoms with Crippen molar-refractivity contribution in [1.82, 2.24) is 0 Å². The molecule has 7 heteroatoms. The first-order chi connectivity index (χ1) is 2.00. The molecule has 0 rings (SSSR count). The van der Waals surface area contributed by atoms with Gasteiger partial charge in [-0.05, 0) is 0 Å². The van der Waals surface area contributed by atoms with Crippen molar-refractivity contribution in [1.29, 1.82) is 0 Å². The molecule has 0 radical (unpaired) electrons. The molecule has 0 unspecified atom stereocenters. The van der Waals surface area contributed by atoms with Crippen LogP contribution >= 0.6 is 7.82 Å². The van der Waals surface area contributed by atoms with Crippen molar-refractivity contribution >= 4 is 7.82 Å². The summed E-state index contributed by atoms with van der Waals surface area (Å²) in [5.74, 6) is 0. The van der Waals surface area contributed by atoms with Crippen molar-refractivity contribution in [3.63, 3.8) is 0 Å². The molecule has 0 amide bonds. The standard InChI is InChI=1S/K.H3O4P.Pt/c;1-5(2,3)4;/h;(H3,1,2,3,4);/q+1;;+2/p-3. The summed E-state index contributed by atoms with van der Waals surface area (Å²) in [5.41, 5.74) is 0. The summed E-state index contributed by atoms with van der Waals surface area (Å²) < 4.78 is 8.55. The van der Waals surface area contributed by atoms with Crippen LogP contribution in [0.25, 0.3) is 0 Å². The molecule has 0 fully saturated rings. The van der Waals surface area contributed by atoms with E-state index >= 15 is 0 Å². The van der Waals surface area contributed by atoms with E-state index < -0.39 is 7.82 Å². The van der Waals surface area contributed by atoms with E-state index in [2.05, 4.69) is 0 Å². The zero-order valence-corrected chi connectivity index (χ0v) is 9.69. The molecule has 4 nitrogen and oxygen atoms in total. The largest absolute Gasteiger partial charge is 2.00 e. The van der Waals surface area contributed by atoms with Gasteiger partial charge < -0.3 is 19.2 Å². The Morgan fingerprint density at radius 2 is 1.14 bits per heavy atom. The predicted molar refractivity (Wildman–Crippen MR) is 7.61 cm³/mol. The smallest absolute Gasteiger partial charge is 0.822 e. The second-order valence-corrected chi connectivity index (χ2v) is 1.34. The first kappa shape index (κ1) is 16.2. The number of hydrogen-bond donors (Lipinski definition) is 0. The minimum atomic E-state index is -5.39. The summed E-state index contributed by atoms with van der Waals surface area (Å²) in [7, 11) is -5.39. The van der Waals surface area contributed by atoms with E-state index in [1.165, 1.54) is 0 Å². The van der Waals surface area contributed by atoms with Crippen molar-refractivity contribution in [2.75, 3.05) is 0 Å². The summed E-state index contributed by atoms with van der Waals surface area (Å²) in [4.78, 5) is 25.6. The second kappa shape index (κ2) is 6.55. The predicted octanol–water partition coefficient (Wildman–Crippen LogP) is -5.82. The molecule has 0 heterocycles. The Kier molecular flexibility index (Phi) is 15.2. The molecule has 0 aliphatic rings. The quantitative estimate of drug-likeness (QED) is 0.327. The van der Waals surface area contributed by atoms with E-state index in [0.717, 1.165) is 0 Å². The molecule has 0 aromatic rings. The topological polar surface area (TPSA) is 86.2 Å². The van der Waals surface area contributed by atoms with Gasteiger partial charge in [0.2, 0.25) is 0 Å². The Morgan fingerprint density at radius 1 is 1.14 bits per heavy atom. The molecule has 0 spiro atoms. The van der Waals surface area contributed by atoms with Crippen LogP contribution in [0.15, 0.2) is 0 Å². The minimum absolute atomic E-state index is 0. The van der Waals surface area contributed by atoms with Crippen LogP contribution in [0.3, 0.4) is 0 Å². The van der Waals surface area contributed by atoms with E-state index in [1.807, 2.05) is 0 Å². The van der Waals surface area contributed by atoms with Crippen molar-refractivity contribution in [3.05, 3.63) is 0 Å². The first-order valence-electron chi connectivity index (χ1n) is 0.730. The molecule has 0 saturated heterocycles. The van der Waals surface area contributed by atoms with E-state index in [1.54, 1.807) is 0 Å². The van der Waals surface area contributed by atoms with Crippen LogP contribution in [0.2, 0.25) is 0 Å². The SMILES string of the molecule is O=P([O-])([O-])[O-].[K+].[Pt+2]. The fourth-order valence-corrected chi connectivity index (χ4v) is 0. The molecular formula is KO4PPt. The van der Waals surface area contributed by atoms with E-state index in [0.29, 0.717) is 0 Å². The van der Waals surface area contributed by atoms with Crippen molar-refractivity contribution in [2.24, 2.45) is 0 Å². The van der Waals surface area contributed by atoms with Gasteiger partial charge >= 0.3 is 72.4 Å². The van der Waals surface area contributed by atoms with Crippen LogP contribution in [-0.2, 0) is 25.6 Å². The van der Waals surface area contributed by atoms with Crippen LogP contribution < -0.4 is 66.1 Å². The van der Waals surface area contributed by atoms with Gasteiger partial charge in [0.25, 0.3) is 0 Å². The van der Waals surface area contributed by atoms with Crippen molar-refractivity contribution in [2.45, 2.75) is 0 Å². The average Bonchev–Trinajstić information content (AvgIpc) is 0.722.